The van der Waals surface area contributed by atoms with Crippen LogP contribution in [0.25, 0.3) is 5.70 Å². The summed E-state index contributed by atoms with van der Waals surface area (Å²) in [5.74, 6) is 0.691. The summed E-state index contributed by atoms with van der Waals surface area (Å²) in [7, 11) is 0. The molecule has 4 rings (SSSR count). The van der Waals surface area contributed by atoms with Gasteiger partial charge in [0, 0.05) is 5.57 Å². The van der Waals surface area contributed by atoms with E-state index >= 15 is 0 Å². The molecule has 6 heteroatoms. The third-order valence-electron chi connectivity index (χ3n) is 5.72. The van der Waals surface area contributed by atoms with Crippen LogP contribution in [0.1, 0.15) is 44.7 Å². The fourth-order valence-electron chi connectivity index (χ4n) is 3.95. The van der Waals surface area contributed by atoms with Crippen LogP contribution in [0.3, 0.4) is 0 Å². The fraction of sp³-hybridized carbons (Fsp3) is 0.308. The van der Waals surface area contributed by atoms with E-state index in [2.05, 4.69) is 30.7 Å². The lowest BCUT2D eigenvalue weighted by molar-refractivity contribution is -0.154. The van der Waals surface area contributed by atoms with Gasteiger partial charge >= 0.3 is 0 Å². The predicted octanol–water partition coefficient (Wildman–Crippen LogP) is 3.96. The van der Waals surface area contributed by atoms with E-state index in [9.17, 15) is 9.59 Å². The number of carbonyl (C=O) groups is 2. The molecule has 1 amide bonds. The van der Waals surface area contributed by atoms with Gasteiger partial charge in [0.05, 0.1) is 5.70 Å². The maximum absolute atomic E-state index is 13.1. The third-order valence-corrected chi connectivity index (χ3v) is 5.72. The van der Waals surface area contributed by atoms with Gasteiger partial charge in [0.2, 0.25) is 0 Å². The summed E-state index contributed by atoms with van der Waals surface area (Å²) in [6.07, 6.45) is 3.17. The second-order valence-corrected chi connectivity index (χ2v) is 8.45. The number of ether oxygens (including phenoxy) is 1. The molecule has 0 bridgehead atoms. The summed E-state index contributed by atoms with van der Waals surface area (Å²) >= 11 is 0. The first-order valence-corrected chi connectivity index (χ1v) is 10.9. The van der Waals surface area contributed by atoms with Crippen LogP contribution in [0.15, 0.2) is 71.8 Å². The number of nitrogens with zero attached hydrogens (tertiary/aromatic N) is 1. The number of hydrogen-bond acceptors (Lipinski definition) is 5. The Kier molecular flexibility index (Phi) is 6.42. The molecule has 2 unspecified atom stereocenters. The minimum Gasteiger partial charge on any atom is -0.489 e. The van der Waals surface area contributed by atoms with Crippen LogP contribution >= 0.6 is 0 Å². The molecule has 6 nitrogen and oxygen atoms in total. The lowest BCUT2D eigenvalue weighted by atomic mass is 9.94. The van der Waals surface area contributed by atoms with Gasteiger partial charge in [-0.25, -0.2) is 10.4 Å². The number of ketones is 1. The topological polar surface area (TPSA) is 70.7 Å². The van der Waals surface area contributed by atoms with Crippen molar-refractivity contribution in [3.8, 4) is 5.75 Å². The van der Waals surface area contributed by atoms with Crippen LogP contribution in [-0.2, 0) is 16.2 Å². The Morgan fingerprint density at radius 1 is 1.06 bits per heavy atom. The minimum absolute atomic E-state index is 0.00329. The molecule has 0 radical (unpaired) electrons. The van der Waals surface area contributed by atoms with Crippen molar-refractivity contribution in [2.75, 3.05) is 0 Å². The minimum atomic E-state index is -0.401. The van der Waals surface area contributed by atoms with Crippen LogP contribution in [0.2, 0.25) is 0 Å². The van der Waals surface area contributed by atoms with Gasteiger partial charge in [0.15, 0.2) is 5.78 Å². The smallest absolute Gasteiger partial charge is 0.268 e. The molecular weight excluding hydrogens is 402 g/mol. The number of fused-ring (bicyclic) bond motifs is 1. The highest BCUT2D eigenvalue weighted by molar-refractivity contribution is 6.04. The lowest BCUT2D eigenvalue weighted by Gasteiger charge is -2.51. The Balaban J connectivity index is 1.56. The first-order chi connectivity index (χ1) is 15.4. The maximum Gasteiger partial charge on any atom is 0.268 e. The average molecular weight is 432 g/mol. The summed E-state index contributed by atoms with van der Waals surface area (Å²) in [6, 6.07) is 17.4. The number of allylic oxidation sites excluding steroid dienone is 2. The second-order valence-electron chi connectivity index (χ2n) is 8.45. The first-order valence-electron chi connectivity index (χ1n) is 10.9. The van der Waals surface area contributed by atoms with Gasteiger partial charge in [-0.2, -0.15) is 0 Å². The molecule has 0 spiro atoms. The number of benzene rings is 2. The standard InChI is InChI=1S/C26H29N3O3/c1-17(2)8-7-11-22-24(27-25-23(18(3)30)28-29(25)26(22)31)20-12-14-21(15-13-20)32-16-19-9-5-4-6-10-19/h4-6,8-10,12-15,23,25,27-28H,7,11,16H2,1-3H3. The first kappa shape index (κ1) is 21.8. The third kappa shape index (κ3) is 4.60. The van der Waals surface area contributed by atoms with Crippen LogP contribution in [-0.4, -0.2) is 28.9 Å². The Morgan fingerprint density at radius 2 is 1.78 bits per heavy atom. The van der Waals surface area contributed by atoms with E-state index < -0.39 is 6.04 Å². The van der Waals surface area contributed by atoms with Gasteiger partial charge in [-0.05, 0) is 69.0 Å². The summed E-state index contributed by atoms with van der Waals surface area (Å²) in [5.41, 5.74) is 7.72. The monoisotopic (exact) mass is 431 g/mol. The molecule has 2 aliphatic heterocycles. The Labute approximate surface area is 188 Å². The molecule has 32 heavy (non-hydrogen) atoms. The van der Waals surface area contributed by atoms with Crippen LogP contribution in [0.4, 0.5) is 0 Å². The highest BCUT2D eigenvalue weighted by Gasteiger charge is 2.48. The molecule has 2 aliphatic rings. The van der Waals surface area contributed by atoms with E-state index in [-0.39, 0.29) is 17.9 Å². The number of nitrogens with one attached hydrogen (secondary N) is 2. The Hall–Kier alpha value is -3.38. The molecule has 0 aliphatic carbocycles. The number of hydrogen-bond donors (Lipinski definition) is 2. The maximum atomic E-state index is 13.1. The second kappa shape index (κ2) is 9.40. The van der Waals surface area contributed by atoms with Gasteiger partial charge < -0.3 is 10.1 Å². The van der Waals surface area contributed by atoms with Crippen molar-refractivity contribution < 1.29 is 14.3 Å². The summed E-state index contributed by atoms with van der Waals surface area (Å²) in [6.45, 7) is 6.13. The van der Waals surface area contributed by atoms with Gasteiger partial charge in [-0.15, -0.1) is 0 Å². The van der Waals surface area contributed by atoms with Crippen molar-refractivity contribution >= 4 is 17.4 Å². The van der Waals surface area contributed by atoms with Crippen molar-refractivity contribution in [3.05, 3.63) is 82.9 Å². The number of amides is 1. The number of hydrazine groups is 1. The van der Waals surface area contributed by atoms with E-state index in [4.69, 9.17) is 4.74 Å². The molecule has 1 saturated heterocycles. The van der Waals surface area contributed by atoms with Gasteiger partial charge in [-0.1, -0.05) is 42.0 Å². The van der Waals surface area contributed by atoms with Crippen LogP contribution < -0.4 is 15.5 Å². The van der Waals surface area contributed by atoms with Crippen LogP contribution in [0.5, 0.6) is 5.75 Å². The quantitative estimate of drug-likeness (QED) is 0.619. The molecule has 1 fully saturated rings. The molecule has 2 aromatic carbocycles. The van der Waals surface area contributed by atoms with Gasteiger partial charge in [0.1, 0.15) is 24.6 Å². The largest absolute Gasteiger partial charge is 0.489 e. The number of rotatable bonds is 8. The molecule has 2 atom stereocenters. The molecule has 0 saturated carbocycles. The zero-order valence-electron chi connectivity index (χ0n) is 18.7. The van der Waals surface area contributed by atoms with E-state index in [1.807, 2.05) is 54.6 Å². The predicted molar refractivity (Wildman–Crippen MR) is 124 cm³/mol. The molecule has 2 heterocycles. The van der Waals surface area contributed by atoms with Crippen molar-refractivity contribution in [3.63, 3.8) is 0 Å². The summed E-state index contributed by atoms with van der Waals surface area (Å²) in [4.78, 5) is 25.1. The molecular formula is C26H29N3O3. The molecule has 0 aromatic heterocycles. The van der Waals surface area contributed by atoms with E-state index in [1.165, 1.54) is 17.5 Å². The van der Waals surface area contributed by atoms with E-state index in [0.29, 0.717) is 18.6 Å². The van der Waals surface area contributed by atoms with E-state index in [0.717, 1.165) is 29.0 Å². The lowest BCUT2D eigenvalue weighted by Crippen LogP contribution is -2.79. The molecule has 2 N–H and O–H groups in total. The van der Waals surface area contributed by atoms with E-state index in [1.54, 1.807) is 0 Å². The molecule has 2 aromatic rings. The Morgan fingerprint density at radius 3 is 2.44 bits per heavy atom. The normalized spacial score (nSPS) is 19.6. The SMILES string of the molecule is CC(=O)C1NN2C(=O)C(CCC=C(C)C)=C(c3ccc(OCc4ccccc4)cc3)NC12. The average Bonchev–Trinajstić information content (AvgIpc) is 2.76. The summed E-state index contributed by atoms with van der Waals surface area (Å²) in [5, 5.41) is 4.97. The number of carbonyl (C=O) groups excluding carboxylic acids is 2. The highest BCUT2D eigenvalue weighted by atomic mass is 16.5. The summed E-state index contributed by atoms with van der Waals surface area (Å²) < 4.78 is 5.90. The van der Waals surface area contributed by atoms with Crippen molar-refractivity contribution in [2.45, 2.75) is 52.4 Å². The van der Waals surface area contributed by atoms with Crippen molar-refractivity contribution in [1.29, 1.82) is 0 Å². The fourth-order valence-corrected chi connectivity index (χ4v) is 3.95. The Bertz CT molecular complexity index is 1050. The van der Waals surface area contributed by atoms with Crippen LogP contribution in [0, 0.1) is 0 Å². The number of Topliss-reactive ketones (excluding diaryl/α,β-unsaturated/α-hetero) is 1. The van der Waals surface area contributed by atoms with Crippen molar-refractivity contribution in [2.24, 2.45) is 0 Å². The van der Waals surface area contributed by atoms with Crippen molar-refractivity contribution in [1.82, 2.24) is 15.8 Å². The van der Waals surface area contributed by atoms with Gasteiger partial charge in [0.25, 0.3) is 5.91 Å². The zero-order valence-corrected chi connectivity index (χ0v) is 18.7. The van der Waals surface area contributed by atoms with Gasteiger partial charge in [-0.3, -0.25) is 9.59 Å². The molecule has 166 valence electrons. The highest BCUT2D eigenvalue weighted by Crippen LogP contribution is 2.32. The zero-order chi connectivity index (χ0) is 22.7.